The van der Waals surface area contributed by atoms with Crippen molar-refractivity contribution in [2.45, 2.75) is 54.7 Å². The Labute approximate surface area is 166 Å². The number of fused-ring (bicyclic) bond motifs is 1. The third-order valence-electron chi connectivity index (χ3n) is 5.66. The van der Waals surface area contributed by atoms with Crippen molar-refractivity contribution in [1.29, 1.82) is 0 Å². The Morgan fingerprint density at radius 3 is 1.55 bits per heavy atom. The minimum Gasteiger partial charge on any atom is -0.287 e. The second kappa shape index (κ2) is 6.23. The van der Waals surface area contributed by atoms with E-state index in [1.54, 1.807) is 0 Å². The highest BCUT2D eigenvalue weighted by molar-refractivity contribution is 5.36. The summed E-state index contributed by atoms with van der Waals surface area (Å²) in [5, 5.41) is -1.88. The lowest BCUT2D eigenvalue weighted by atomic mass is 9.78. The van der Waals surface area contributed by atoms with Gasteiger partial charge >= 0.3 is 24.7 Å². The lowest BCUT2D eigenvalue weighted by Crippen LogP contribution is -2.71. The molecule has 1 aromatic carbocycles. The molecule has 1 unspecified atom stereocenters. The van der Waals surface area contributed by atoms with Gasteiger partial charge in [0.05, 0.1) is 5.54 Å². The van der Waals surface area contributed by atoms with Crippen LogP contribution in [0.25, 0.3) is 0 Å². The molecule has 2 nitrogen and oxygen atoms in total. The van der Waals surface area contributed by atoms with Crippen LogP contribution >= 0.6 is 0 Å². The second-order valence-corrected chi connectivity index (χ2v) is 7.41. The standard InChI is InChI=1S/C17H12F12N2/c1-11(10-5-3-2-4-6-10)9-13(16(24,25)26,17(27,28)29)30-8-7-12(31(11)30,14(18,19)20)15(21,22)23/h2-8H,9H2,1H3. The molecule has 0 aliphatic carbocycles. The quantitative estimate of drug-likeness (QED) is 0.458. The van der Waals surface area contributed by atoms with Crippen LogP contribution in [0.5, 0.6) is 0 Å². The van der Waals surface area contributed by atoms with Gasteiger partial charge in [0, 0.05) is 12.6 Å². The maximum absolute atomic E-state index is 13.9. The first kappa shape index (κ1) is 23.5. The van der Waals surface area contributed by atoms with Gasteiger partial charge in [-0.3, -0.25) is 5.01 Å². The molecule has 0 saturated carbocycles. The third kappa shape index (κ3) is 2.79. The van der Waals surface area contributed by atoms with Crippen molar-refractivity contribution in [1.82, 2.24) is 10.0 Å². The molecular weight excluding hydrogens is 460 g/mol. The summed E-state index contributed by atoms with van der Waals surface area (Å²) in [5.74, 6) is 0. The van der Waals surface area contributed by atoms with E-state index in [-0.39, 0.29) is 0 Å². The number of halogens is 12. The van der Waals surface area contributed by atoms with E-state index in [1.807, 2.05) is 0 Å². The van der Waals surface area contributed by atoms with Gasteiger partial charge in [-0.2, -0.15) is 57.7 Å². The average molecular weight is 472 g/mol. The molecule has 0 N–H and O–H groups in total. The minimum atomic E-state index is -6.31. The zero-order valence-corrected chi connectivity index (χ0v) is 15.2. The fraction of sp³-hybridized carbons (Fsp3) is 0.529. The molecule has 1 atom stereocenters. The topological polar surface area (TPSA) is 6.48 Å². The zero-order chi connectivity index (χ0) is 23.9. The monoisotopic (exact) mass is 472 g/mol. The molecule has 2 heterocycles. The first-order valence-electron chi connectivity index (χ1n) is 8.39. The highest BCUT2D eigenvalue weighted by Gasteiger charge is 2.88. The summed E-state index contributed by atoms with van der Waals surface area (Å²) in [6.45, 7) is 0.494. The summed E-state index contributed by atoms with van der Waals surface area (Å²) < 4.78 is 166. The van der Waals surface area contributed by atoms with Crippen molar-refractivity contribution in [2.24, 2.45) is 0 Å². The van der Waals surface area contributed by atoms with Gasteiger partial charge in [0.25, 0.3) is 5.54 Å². The maximum Gasteiger partial charge on any atom is 0.422 e. The predicted molar refractivity (Wildman–Crippen MR) is 80.9 cm³/mol. The highest BCUT2D eigenvalue weighted by atomic mass is 19.4. The first-order chi connectivity index (χ1) is 13.8. The van der Waals surface area contributed by atoms with Crippen molar-refractivity contribution in [3.05, 3.63) is 48.2 Å². The van der Waals surface area contributed by atoms with Crippen LogP contribution in [0.1, 0.15) is 18.9 Å². The molecule has 3 rings (SSSR count). The van der Waals surface area contributed by atoms with Gasteiger partial charge in [0.2, 0.25) is 5.54 Å². The molecule has 0 amide bonds. The van der Waals surface area contributed by atoms with E-state index < -0.39 is 75.6 Å². The molecule has 0 bridgehead atoms. The summed E-state index contributed by atoms with van der Waals surface area (Å²) in [7, 11) is 0. The Bertz CT molecular complexity index is 836. The number of hydrazine groups is 1. The normalized spacial score (nSPS) is 26.4. The lowest BCUT2D eigenvalue weighted by molar-refractivity contribution is -0.379. The highest BCUT2D eigenvalue weighted by Crippen LogP contribution is 2.67. The van der Waals surface area contributed by atoms with Gasteiger partial charge in [-0.25, -0.2) is 0 Å². The predicted octanol–water partition coefficient (Wildman–Crippen LogP) is 6.08. The largest absolute Gasteiger partial charge is 0.422 e. The minimum absolute atomic E-state index is 0.434. The fourth-order valence-electron chi connectivity index (χ4n) is 4.30. The zero-order valence-electron chi connectivity index (χ0n) is 15.2. The average Bonchev–Trinajstić information content (AvgIpc) is 3.11. The van der Waals surface area contributed by atoms with E-state index in [0.717, 1.165) is 24.3 Å². The van der Waals surface area contributed by atoms with Crippen molar-refractivity contribution < 1.29 is 52.7 Å². The molecule has 2 aliphatic heterocycles. The van der Waals surface area contributed by atoms with Crippen molar-refractivity contribution in [3.63, 3.8) is 0 Å². The van der Waals surface area contributed by atoms with Crippen LogP contribution in [0.2, 0.25) is 0 Å². The van der Waals surface area contributed by atoms with Crippen LogP contribution < -0.4 is 0 Å². The first-order valence-corrected chi connectivity index (χ1v) is 8.39. The Hall–Kier alpha value is -2.12. The molecule has 1 saturated heterocycles. The fourth-order valence-corrected chi connectivity index (χ4v) is 4.30. The molecular formula is C17H12F12N2. The van der Waals surface area contributed by atoms with Gasteiger partial charge in [0.15, 0.2) is 0 Å². The van der Waals surface area contributed by atoms with E-state index >= 15 is 0 Å². The van der Waals surface area contributed by atoms with Crippen LogP contribution in [0, 0.1) is 0 Å². The van der Waals surface area contributed by atoms with Crippen LogP contribution in [-0.2, 0) is 5.54 Å². The molecule has 0 aromatic heterocycles. The van der Waals surface area contributed by atoms with Crippen LogP contribution in [0.4, 0.5) is 52.7 Å². The van der Waals surface area contributed by atoms with Crippen molar-refractivity contribution in [2.75, 3.05) is 0 Å². The van der Waals surface area contributed by atoms with Gasteiger partial charge in [0.1, 0.15) is 0 Å². The number of benzene rings is 1. The molecule has 0 spiro atoms. The number of alkyl halides is 12. The summed E-state index contributed by atoms with van der Waals surface area (Å²) >= 11 is 0. The Balaban J connectivity index is 2.44. The molecule has 14 heteroatoms. The molecule has 1 aromatic rings. The molecule has 0 radical (unpaired) electrons. The molecule has 31 heavy (non-hydrogen) atoms. The molecule has 1 fully saturated rings. The van der Waals surface area contributed by atoms with Crippen LogP contribution in [-0.4, -0.2) is 45.8 Å². The summed E-state index contributed by atoms with van der Waals surface area (Å²) in [6.07, 6.45) is -28.5. The molecule has 2 aliphatic rings. The van der Waals surface area contributed by atoms with Gasteiger partial charge in [-0.1, -0.05) is 30.3 Å². The lowest BCUT2D eigenvalue weighted by Gasteiger charge is -2.48. The van der Waals surface area contributed by atoms with Crippen LogP contribution in [0.3, 0.4) is 0 Å². The van der Waals surface area contributed by atoms with E-state index in [1.165, 1.54) is 6.07 Å². The second-order valence-electron chi connectivity index (χ2n) is 7.41. The number of rotatable bonds is 1. The Morgan fingerprint density at radius 1 is 0.710 bits per heavy atom. The SMILES string of the molecule is CC1(c2ccccc2)CC(C(F)(F)F)(C(F)(F)F)N2C=CC(C(F)(F)F)(C(F)(F)F)N21. The van der Waals surface area contributed by atoms with Crippen molar-refractivity contribution in [3.8, 4) is 0 Å². The van der Waals surface area contributed by atoms with Gasteiger partial charge in [-0.15, -0.1) is 0 Å². The number of hydrogen-bond acceptors (Lipinski definition) is 2. The third-order valence-corrected chi connectivity index (χ3v) is 5.66. The Kier molecular flexibility index (Phi) is 4.73. The number of nitrogens with zero attached hydrogens (tertiary/aromatic N) is 2. The van der Waals surface area contributed by atoms with E-state index in [9.17, 15) is 52.7 Å². The van der Waals surface area contributed by atoms with Crippen LogP contribution in [0.15, 0.2) is 42.6 Å². The smallest absolute Gasteiger partial charge is 0.287 e. The summed E-state index contributed by atoms with van der Waals surface area (Å²) in [4.78, 5) is 0. The van der Waals surface area contributed by atoms with Crippen molar-refractivity contribution >= 4 is 0 Å². The number of hydrogen-bond donors (Lipinski definition) is 0. The summed E-state index contributed by atoms with van der Waals surface area (Å²) in [6, 6.07) is 5.16. The molecule has 174 valence electrons. The van der Waals surface area contributed by atoms with Gasteiger partial charge < -0.3 is 0 Å². The Morgan fingerprint density at radius 2 is 1.16 bits per heavy atom. The maximum atomic E-state index is 13.9. The van der Waals surface area contributed by atoms with E-state index in [4.69, 9.17) is 0 Å². The van der Waals surface area contributed by atoms with E-state index in [0.29, 0.717) is 6.92 Å². The summed E-state index contributed by atoms with van der Waals surface area (Å²) in [5.41, 5.74) is -13.7. The van der Waals surface area contributed by atoms with Gasteiger partial charge in [-0.05, 0) is 18.6 Å². The van der Waals surface area contributed by atoms with E-state index in [2.05, 4.69) is 0 Å².